The summed E-state index contributed by atoms with van der Waals surface area (Å²) >= 11 is 0. The van der Waals surface area contributed by atoms with E-state index in [-0.39, 0.29) is 18.0 Å². The van der Waals surface area contributed by atoms with Gasteiger partial charge in [-0.05, 0) is 23.8 Å². The Morgan fingerprint density at radius 1 is 1.10 bits per heavy atom. The highest BCUT2D eigenvalue weighted by Gasteiger charge is 2.09. The topological polar surface area (TPSA) is 54.4 Å². The zero-order valence-electron chi connectivity index (χ0n) is 11.1. The summed E-state index contributed by atoms with van der Waals surface area (Å²) in [4.78, 5) is 23.5. The molecule has 0 unspecified atom stereocenters. The van der Waals surface area contributed by atoms with Crippen LogP contribution in [0.15, 0.2) is 54.6 Å². The van der Waals surface area contributed by atoms with Crippen LogP contribution in [0.5, 0.6) is 5.75 Å². The van der Waals surface area contributed by atoms with Crippen molar-refractivity contribution in [1.29, 1.82) is 0 Å². The zero-order valence-corrected chi connectivity index (χ0v) is 11.1. The Morgan fingerprint density at radius 2 is 1.81 bits per heavy atom. The highest BCUT2D eigenvalue weighted by molar-refractivity contribution is 6.12. The smallest absolute Gasteiger partial charge is 0.170 e. The fraction of sp³-hybridized carbons (Fsp3) is 0.0588. The van der Waals surface area contributed by atoms with Crippen molar-refractivity contribution >= 4 is 17.6 Å². The minimum absolute atomic E-state index is 0.235. The maximum atomic E-state index is 13.1. The van der Waals surface area contributed by atoms with Gasteiger partial charge in [0.15, 0.2) is 23.1 Å². The molecule has 0 fully saturated rings. The molecule has 2 aromatic carbocycles. The van der Waals surface area contributed by atoms with E-state index in [1.165, 1.54) is 24.3 Å². The zero-order chi connectivity index (χ0) is 15.2. The molecule has 0 aliphatic carbocycles. The maximum Gasteiger partial charge on any atom is 0.170 e. The van der Waals surface area contributed by atoms with E-state index in [4.69, 9.17) is 5.11 Å². The molecule has 0 atom stereocenters. The van der Waals surface area contributed by atoms with E-state index in [2.05, 4.69) is 0 Å². The summed E-state index contributed by atoms with van der Waals surface area (Å²) in [6.07, 6.45) is 2.40. The van der Waals surface area contributed by atoms with Crippen LogP contribution in [0.4, 0.5) is 4.39 Å². The van der Waals surface area contributed by atoms with Gasteiger partial charge in [0.1, 0.15) is 0 Å². The Morgan fingerprint density at radius 3 is 2.48 bits per heavy atom. The standard InChI is InChI=1S/C17H13FO3/c18-15-10-12(7-9-16(15)20)6-8-14(19)11-17(21)13-4-2-1-3-5-13/h1-10,20H,11H2/b8-6+. The second-order valence-corrected chi connectivity index (χ2v) is 4.48. The van der Waals surface area contributed by atoms with Gasteiger partial charge in [0.25, 0.3) is 0 Å². The van der Waals surface area contributed by atoms with Crippen LogP contribution in [0.2, 0.25) is 0 Å². The van der Waals surface area contributed by atoms with Crippen LogP contribution in [0, 0.1) is 5.82 Å². The van der Waals surface area contributed by atoms with Crippen molar-refractivity contribution in [3.63, 3.8) is 0 Å². The summed E-state index contributed by atoms with van der Waals surface area (Å²) in [6, 6.07) is 12.3. The van der Waals surface area contributed by atoms with Gasteiger partial charge < -0.3 is 5.11 Å². The number of hydrogen-bond donors (Lipinski definition) is 1. The van der Waals surface area contributed by atoms with Gasteiger partial charge in [-0.25, -0.2) is 4.39 Å². The summed E-state index contributed by atoms with van der Waals surface area (Å²) in [5.74, 6) is -1.83. The van der Waals surface area contributed by atoms with E-state index in [1.807, 2.05) is 0 Å². The van der Waals surface area contributed by atoms with Gasteiger partial charge in [-0.2, -0.15) is 0 Å². The summed E-state index contributed by atoms with van der Waals surface area (Å²) < 4.78 is 13.1. The number of rotatable bonds is 5. The molecule has 3 nitrogen and oxygen atoms in total. The second kappa shape index (κ2) is 6.61. The predicted molar refractivity (Wildman–Crippen MR) is 77.5 cm³/mol. The monoisotopic (exact) mass is 284 g/mol. The van der Waals surface area contributed by atoms with Crippen LogP contribution in [0.3, 0.4) is 0 Å². The minimum Gasteiger partial charge on any atom is -0.505 e. The van der Waals surface area contributed by atoms with Crippen LogP contribution in [0.1, 0.15) is 22.3 Å². The number of benzene rings is 2. The minimum atomic E-state index is -0.759. The van der Waals surface area contributed by atoms with Gasteiger partial charge in [-0.15, -0.1) is 0 Å². The van der Waals surface area contributed by atoms with Crippen molar-refractivity contribution < 1.29 is 19.1 Å². The van der Waals surface area contributed by atoms with Crippen molar-refractivity contribution in [3.05, 3.63) is 71.6 Å². The third kappa shape index (κ3) is 4.11. The van der Waals surface area contributed by atoms with Gasteiger partial charge >= 0.3 is 0 Å². The summed E-state index contributed by atoms with van der Waals surface area (Å²) in [5.41, 5.74) is 0.917. The number of phenolic OH excluding ortho intramolecular Hbond substituents is 1. The number of carbonyl (C=O) groups is 2. The summed E-state index contributed by atoms with van der Waals surface area (Å²) in [5, 5.41) is 9.06. The van der Waals surface area contributed by atoms with E-state index in [0.29, 0.717) is 11.1 Å². The van der Waals surface area contributed by atoms with Gasteiger partial charge in [0.05, 0.1) is 6.42 Å². The molecule has 0 radical (unpaired) electrons. The number of allylic oxidation sites excluding steroid dienone is 1. The van der Waals surface area contributed by atoms with E-state index < -0.39 is 11.6 Å². The van der Waals surface area contributed by atoms with Crippen LogP contribution in [-0.2, 0) is 4.79 Å². The maximum absolute atomic E-state index is 13.1. The molecule has 21 heavy (non-hydrogen) atoms. The molecular formula is C17H13FO3. The lowest BCUT2D eigenvalue weighted by atomic mass is 10.1. The fourth-order valence-corrected chi connectivity index (χ4v) is 1.76. The number of carbonyl (C=O) groups excluding carboxylic acids is 2. The molecule has 106 valence electrons. The number of hydrogen-bond acceptors (Lipinski definition) is 3. The van der Waals surface area contributed by atoms with E-state index in [1.54, 1.807) is 30.3 Å². The van der Waals surface area contributed by atoms with Crippen molar-refractivity contribution in [2.75, 3.05) is 0 Å². The second-order valence-electron chi connectivity index (χ2n) is 4.48. The predicted octanol–water partition coefficient (Wildman–Crippen LogP) is 3.39. The first-order valence-electron chi connectivity index (χ1n) is 6.34. The number of halogens is 1. The largest absolute Gasteiger partial charge is 0.505 e. The molecule has 0 saturated heterocycles. The summed E-state index contributed by atoms with van der Waals surface area (Å²) in [6.45, 7) is 0. The molecule has 2 aromatic rings. The van der Waals surface area contributed by atoms with Crippen molar-refractivity contribution in [1.82, 2.24) is 0 Å². The van der Waals surface area contributed by atoms with Crippen molar-refractivity contribution in [3.8, 4) is 5.75 Å². The number of phenols is 1. The van der Waals surface area contributed by atoms with Crippen LogP contribution in [0.25, 0.3) is 6.08 Å². The lowest BCUT2D eigenvalue weighted by molar-refractivity contribution is -0.113. The molecule has 0 saturated carbocycles. The van der Waals surface area contributed by atoms with Crippen LogP contribution in [-0.4, -0.2) is 16.7 Å². The first-order chi connectivity index (χ1) is 10.1. The number of ketones is 2. The van der Waals surface area contributed by atoms with E-state index in [9.17, 15) is 14.0 Å². The van der Waals surface area contributed by atoms with E-state index in [0.717, 1.165) is 6.07 Å². The molecule has 0 heterocycles. The lowest BCUT2D eigenvalue weighted by Gasteiger charge is -1.98. The highest BCUT2D eigenvalue weighted by Crippen LogP contribution is 2.17. The first kappa shape index (κ1) is 14.7. The molecule has 0 spiro atoms. The SMILES string of the molecule is O=C(/C=C/c1ccc(O)c(F)c1)CC(=O)c1ccccc1. The van der Waals surface area contributed by atoms with Gasteiger partial charge in [0.2, 0.25) is 0 Å². The van der Waals surface area contributed by atoms with Gasteiger partial charge in [-0.1, -0.05) is 42.5 Å². The molecule has 1 N–H and O–H groups in total. The molecule has 0 bridgehead atoms. The van der Waals surface area contributed by atoms with Gasteiger partial charge in [-0.3, -0.25) is 9.59 Å². The molecule has 0 aliphatic heterocycles. The number of Topliss-reactive ketones (excluding diaryl/α,β-unsaturated/α-hetero) is 1. The lowest BCUT2D eigenvalue weighted by Crippen LogP contribution is -2.05. The third-order valence-electron chi connectivity index (χ3n) is 2.86. The Hall–Kier alpha value is -2.75. The van der Waals surface area contributed by atoms with Crippen molar-refractivity contribution in [2.45, 2.75) is 6.42 Å². The third-order valence-corrected chi connectivity index (χ3v) is 2.86. The Bertz CT molecular complexity index is 690. The molecule has 0 aromatic heterocycles. The quantitative estimate of drug-likeness (QED) is 0.520. The summed E-state index contributed by atoms with van der Waals surface area (Å²) in [7, 11) is 0. The molecule has 2 rings (SSSR count). The van der Waals surface area contributed by atoms with Gasteiger partial charge in [0, 0.05) is 5.56 Å². The highest BCUT2D eigenvalue weighted by atomic mass is 19.1. The Balaban J connectivity index is 1.99. The Kier molecular flexibility index (Phi) is 4.61. The van der Waals surface area contributed by atoms with Crippen LogP contribution >= 0.6 is 0 Å². The van der Waals surface area contributed by atoms with E-state index >= 15 is 0 Å². The molecular weight excluding hydrogens is 271 g/mol. The average molecular weight is 284 g/mol. The molecule has 0 aliphatic rings. The average Bonchev–Trinajstić information content (AvgIpc) is 2.49. The molecule has 4 heteroatoms. The van der Waals surface area contributed by atoms with Crippen LogP contribution < -0.4 is 0 Å². The first-order valence-corrected chi connectivity index (χ1v) is 6.34. The normalized spacial score (nSPS) is 10.7. The van der Waals surface area contributed by atoms with Crippen molar-refractivity contribution in [2.24, 2.45) is 0 Å². The molecule has 0 amide bonds. The fourth-order valence-electron chi connectivity index (χ4n) is 1.76. The Labute approximate surface area is 121 Å². The number of aromatic hydroxyl groups is 1.